The molecule has 0 bridgehead atoms. The number of ketones is 1. The fourth-order valence-electron chi connectivity index (χ4n) is 9.98. The summed E-state index contributed by atoms with van der Waals surface area (Å²) >= 11 is 0. The first-order valence-electron chi connectivity index (χ1n) is 14.8. The van der Waals surface area contributed by atoms with E-state index in [4.69, 9.17) is 18.9 Å². The molecule has 7 heteroatoms. The lowest BCUT2D eigenvalue weighted by atomic mass is 9.43. The zero-order chi connectivity index (χ0) is 27.3. The summed E-state index contributed by atoms with van der Waals surface area (Å²) in [4.78, 5) is 38.4. The number of hydrogen-bond donors (Lipinski definition) is 0. The van der Waals surface area contributed by atoms with Crippen molar-refractivity contribution in [3.05, 3.63) is 11.6 Å². The number of esters is 2. The maximum Gasteiger partial charge on any atom is 0.303 e. The fraction of sp³-hybridized carbons (Fsp3) is 0.839. The van der Waals surface area contributed by atoms with E-state index in [0.29, 0.717) is 31.8 Å². The lowest BCUT2D eigenvalue weighted by molar-refractivity contribution is -0.265. The number of hydrogen-bond acceptors (Lipinski definition) is 7. The Hall–Kier alpha value is -1.73. The summed E-state index contributed by atoms with van der Waals surface area (Å²) in [6.45, 7) is 12.4. The van der Waals surface area contributed by atoms with Crippen LogP contribution in [0.4, 0.5) is 0 Å². The summed E-state index contributed by atoms with van der Waals surface area (Å²) in [5.41, 5.74) is -0.403. The molecule has 0 aromatic heterocycles. The van der Waals surface area contributed by atoms with Crippen LogP contribution in [0.3, 0.4) is 0 Å². The predicted molar refractivity (Wildman–Crippen MR) is 139 cm³/mol. The van der Waals surface area contributed by atoms with Gasteiger partial charge in [-0.25, -0.2) is 0 Å². The molecule has 2 aliphatic heterocycles. The Morgan fingerprint density at radius 3 is 2.45 bits per heavy atom. The molecule has 0 unspecified atom stereocenters. The first-order valence-corrected chi connectivity index (χ1v) is 14.8. The number of Topliss-reactive ketones (excluding diaryl/α,β-unsaturated/α-hetero) is 1. The van der Waals surface area contributed by atoms with Crippen LogP contribution < -0.4 is 0 Å². The van der Waals surface area contributed by atoms with Crippen molar-refractivity contribution in [1.29, 1.82) is 0 Å². The molecule has 0 aromatic carbocycles. The number of ether oxygens (including phenoxy) is 4. The Balaban J connectivity index is 1.34. The second kappa shape index (κ2) is 8.63. The maximum atomic E-state index is 14.3. The fourth-order valence-corrected chi connectivity index (χ4v) is 9.98. The molecule has 6 rings (SSSR count). The van der Waals surface area contributed by atoms with Gasteiger partial charge in [-0.05, 0) is 56.8 Å². The van der Waals surface area contributed by atoms with E-state index in [1.165, 1.54) is 19.4 Å². The Bertz CT molecular complexity index is 1070. The van der Waals surface area contributed by atoms with Gasteiger partial charge in [0.2, 0.25) is 0 Å². The molecule has 210 valence electrons. The first-order chi connectivity index (χ1) is 17.9. The average Bonchev–Trinajstić information content (AvgIpc) is 3.28. The molecule has 0 N–H and O–H groups in total. The first kappa shape index (κ1) is 26.5. The van der Waals surface area contributed by atoms with E-state index in [9.17, 15) is 14.4 Å². The topological polar surface area (TPSA) is 88.1 Å². The standard InChI is InChI=1S/C31H44O7/c1-17-7-12-31(35-16-17)18(2)27-25(38-31)13-24-22-9-11-30(37-20(4)33)15-21(36-19(3)32)8-10-28(30,5)23(22)14-26(34)29(24,27)6/h13,17-18,21-23,25,27H,7-12,14-16H2,1-6H3/t17-,18+,21+,22-,23+,25+,27+,28-,29-,30-,31-/m1/s1. The van der Waals surface area contributed by atoms with Crippen LogP contribution in [0.15, 0.2) is 11.6 Å². The third-order valence-corrected chi connectivity index (χ3v) is 11.9. The van der Waals surface area contributed by atoms with Gasteiger partial charge in [-0.1, -0.05) is 32.4 Å². The average molecular weight is 529 g/mol. The van der Waals surface area contributed by atoms with E-state index < -0.39 is 16.8 Å². The van der Waals surface area contributed by atoms with Crippen LogP contribution in [0.1, 0.15) is 92.9 Å². The summed E-state index contributed by atoms with van der Waals surface area (Å²) in [7, 11) is 0. The van der Waals surface area contributed by atoms with E-state index in [1.54, 1.807) is 0 Å². The second-order valence-corrected chi connectivity index (χ2v) is 13.8. The zero-order valence-corrected chi connectivity index (χ0v) is 23.8. The second-order valence-electron chi connectivity index (χ2n) is 13.8. The summed E-state index contributed by atoms with van der Waals surface area (Å²) in [6, 6.07) is 0. The Kier molecular flexibility index (Phi) is 6.02. The third-order valence-electron chi connectivity index (χ3n) is 11.9. The molecule has 2 saturated heterocycles. The smallest absolute Gasteiger partial charge is 0.303 e. The number of carbonyl (C=O) groups excluding carboxylic acids is 3. The van der Waals surface area contributed by atoms with E-state index in [0.717, 1.165) is 32.1 Å². The molecule has 3 saturated carbocycles. The molecule has 6 aliphatic rings. The molecule has 7 nitrogen and oxygen atoms in total. The molecular weight excluding hydrogens is 484 g/mol. The van der Waals surface area contributed by atoms with Crippen molar-refractivity contribution < 1.29 is 33.3 Å². The number of carbonyl (C=O) groups is 3. The highest BCUT2D eigenvalue weighted by Gasteiger charge is 2.71. The van der Waals surface area contributed by atoms with Gasteiger partial charge in [-0.3, -0.25) is 14.4 Å². The van der Waals surface area contributed by atoms with Crippen molar-refractivity contribution in [3.8, 4) is 0 Å². The van der Waals surface area contributed by atoms with E-state index in [-0.39, 0.29) is 59.0 Å². The van der Waals surface area contributed by atoms with E-state index in [1.807, 2.05) is 0 Å². The van der Waals surface area contributed by atoms with Gasteiger partial charge in [0.1, 0.15) is 17.5 Å². The van der Waals surface area contributed by atoms with Gasteiger partial charge in [0.05, 0.1) is 18.1 Å². The maximum absolute atomic E-state index is 14.3. The monoisotopic (exact) mass is 528 g/mol. The third kappa shape index (κ3) is 3.49. The number of fused-ring (bicyclic) bond motifs is 7. The normalized spacial score (nSPS) is 51.4. The molecule has 5 fully saturated rings. The molecule has 1 spiro atoms. The summed E-state index contributed by atoms with van der Waals surface area (Å²) in [5.74, 6) is 0.181. The summed E-state index contributed by atoms with van der Waals surface area (Å²) in [6.07, 6.45) is 7.90. The van der Waals surface area contributed by atoms with E-state index >= 15 is 0 Å². The quantitative estimate of drug-likeness (QED) is 0.362. The van der Waals surface area contributed by atoms with Crippen LogP contribution >= 0.6 is 0 Å². The molecule has 0 radical (unpaired) electrons. The van der Waals surface area contributed by atoms with Crippen LogP contribution in [0.5, 0.6) is 0 Å². The van der Waals surface area contributed by atoms with Crippen LogP contribution in [0.25, 0.3) is 0 Å². The van der Waals surface area contributed by atoms with Gasteiger partial charge in [0.15, 0.2) is 5.79 Å². The Labute approximate surface area is 226 Å². The summed E-state index contributed by atoms with van der Waals surface area (Å²) < 4.78 is 24.9. The van der Waals surface area contributed by atoms with Gasteiger partial charge < -0.3 is 18.9 Å². The van der Waals surface area contributed by atoms with Crippen molar-refractivity contribution in [1.82, 2.24) is 0 Å². The molecule has 11 atom stereocenters. The molecule has 4 aliphatic carbocycles. The molecule has 0 aromatic rings. The Morgan fingerprint density at radius 1 is 1.03 bits per heavy atom. The highest BCUT2D eigenvalue weighted by Crippen LogP contribution is 2.69. The minimum atomic E-state index is -0.734. The molecule has 2 heterocycles. The van der Waals surface area contributed by atoms with Gasteiger partial charge in [0, 0.05) is 50.4 Å². The van der Waals surface area contributed by atoms with Crippen molar-refractivity contribution in [2.45, 2.75) is 117 Å². The van der Waals surface area contributed by atoms with Crippen LogP contribution in [0.2, 0.25) is 0 Å². The van der Waals surface area contributed by atoms with Gasteiger partial charge in [0.25, 0.3) is 0 Å². The molecule has 0 amide bonds. The lowest BCUT2D eigenvalue weighted by Gasteiger charge is -2.63. The Morgan fingerprint density at radius 2 is 1.79 bits per heavy atom. The summed E-state index contributed by atoms with van der Waals surface area (Å²) in [5, 5.41) is 0. The molecular formula is C31H44O7. The van der Waals surface area contributed by atoms with Crippen molar-refractivity contribution in [2.75, 3.05) is 6.61 Å². The largest absolute Gasteiger partial charge is 0.462 e. The van der Waals surface area contributed by atoms with Crippen LogP contribution in [-0.4, -0.2) is 47.9 Å². The van der Waals surface area contributed by atoms with Crippen LogP contribution in [0, 0.1) is 40.4 Å². The van der Waals surface area contributed by atoms with Crippen molar-refractivity contribution >= 4 is 17.7 Å². The highest BCUT2D eigenvalue weighted by atomic mass is 16.7. The SMILES string of the molecule is CC(=O)O[C@H]1CC[C@]2(C)[C@H]3CC(=O)[C@@]4(C)C(=C[C@@H]5O[C@]6(CC[C@@H](C)CO6)[C@@H](C)[C@@H]54)[C@@H]3CC[C@@]2(OC(C)=O)C1. The van der Waals surface area contributed by atoms with Crippen molar-refractivity contribution in [3.63, 3.8) is 0 Å². The lowest BCUT2D eigenvalue weighted by Crippen LogP contribution is -2.65. The predicted octanol–water partition coefficient (Wildman–Crippen LogP) is 5.15. The zero-order valence-electron chi connectivity index (χ0n) is 23.8. The number of rotatable bonds is 2. The van der Waals surface area contributed by atoms with Gasteiger partial charge in [-0.15, -0.1) is 0 Å². The number of allylic oxidation sites excluding steroid dienone is 1. The molecule has 38 heavy (non-hydrogen) atoms. The van der Waals surface area contributed by atoms with Gasteiger partial charge >= 0.3 is 11.9 Å². The highest BCUT2D eigenvalue weighted by molar-refractivity contribution is 5.91. The van der Waals surface area contributed by atoms with Crippen LogP contribution in [-0.2, 0) is 33.3 Å². The minimum Gasteiger partial charge on any atom is -0.462 e. The van der Waals surface area contributed by atoms with Gasteiger partial charge in [-0.2, -0.15) is 0 Å². The van der Waals surface area contributed by atoms with Crippen molar-refractivity contribution in [2.24, 2.45) is 40.4 Å². The van der Waals surface area contributed by atoms with E-state index in [2.05, 4.69) is 33.8 Å². The minimum absolute atomic E-state index is 0.0792.